The summed E-state index contributed by atoms with van der Waals surface area (Å²) in [5.74, 6) is -0.276. The zero-order valence-corrected chi connectivity index (χ0v) is 7.79. The molecule has 0 fully saturated rings. The van der Waals surface area contributed by atoms with E-state index in [9.17, 15) is 8.42 Å². The predicted octanol–water partition coefficient (Wildman–Crippen LogP) is 0.421. The monoisotopic (exact) mass is 201 g/mol. The number of sulfonamides is 1. The molecule has 0 unspecified atom stereocenters. The number of aliphatic hydroxyl groups excluding tert-OH is 1. The standard InChI is InChI=1S/C8H11NO3S/c10-6-7-13(11,12)9-8-4-2-1-3-5-8/h1-5,9-10H,6-7H2. The Labute approximate surface area is 77.3 Å². The molecule has 0 aromatic heterocycles. The molecule has 0 amide bonds. The highest BCUT2D eigenvalue weighted by Gasteiger charge is 2.07. The van der Waals surface area contributed by atoms with Gasteiger partial charge >= 0.3 is 0 Å². The van der Waals surface area contributed by atoms with E-state index in [-0.39, 0.29) is 12.4 Å². The van der Waals surface area contributed by atoms with Gasteiger partial charge in [-0.2, -0.15) is 0 Å². The van der Waals surface area contributed by atoms with Gasteiger partial charge in [0.25, 0.3) is 0 Å². The maximum atomic E-state index is 11.1. The van der Waals surface area contributed by atoms with Gasteiger partial charge in [0.2, 0.25) is 10.0 Å². The molecule has 0 aliphatic heterocycles. The van der Waals surface area contributed by atoms with Crippen molar-refractivity contribution in [2.75, 3.05) is 17.1 Å². The van der Waals surface area contributed by atoms with E-state index in [2.05, 4.69) is 4.72 Å². The largest absolute Gasteiger partial charge is 0.395 e. The number of benzene rings is 1. The van der Waals surface area contributed by atoms with Crippen LogP contribution < -0.4 is 4.72 Å². The van der Waals surface area contributed by atoms with Gasteiger partial charge in [0, 0.05) is 5.69 Å². The average Bonchev–Trinajstić information content (AvgIpc) is 2.04. The summed E-state index contributed by atoms with van der Waals surface area (Å²) in [4.78, 5) is 0. The summed E-state index contributed by atoms with van der Waals surface area (Å²) in [6.45, 7) is -0.373. The molecule has 0 atom stereocenters. The van der Waals surface area contributed by atoms with Crippen molar-refractivity contribution in [2.45, 2.75) is 0 Å². The summed E-state index contributed by atoms with van der Waals surface area (Å²) >= 11 is 0. The molecule has 0 radical (unpaired) electrons. The van der Waals surface area contributed by atoms with E-state index in [4.69, 9.17) is 5.11 Å². The maximum absolute atomic E-state index is 11.1. The first-order valence-corrected chi connectivity index (χ1v) is 5.46. The first-order chi connectivity index (χ1) is 6.14. The zero-order valence-electron chi connectivity index (χ0n) is 6.97. The maximum Gasteiger partial charge on any atom is 0.234 e. The molecule has 72 valence electrons. The van der Waals surface area contributed by atoms with Crippen molar-refractivity contribution in [1.82, 2.24) is 0 Å². The Balaban J connectivity index is 2.70. The molecule has 0 saturated carbocycles. The Morgan fingerprint density at radius 2 is 1.85 bits per heavy atom. The van der Waals surface area contributed by atoms with Crippen molar-refractivity contribution in [2.24, 2.45) is 0 Å². The highest BCUT2D eigenvalue weighted by atomic mass is 32.2. The summed E-state index contributed by atoms with van der Waals surface area (Å²) in [5.41, 5.74) is 0.510. The number of aliphatic hydroxyl groups is 1. The first kappa shape index (κ1) is 10.0. The summed E-state index contributed by atoms with van der Waals surface area (Å²) < 4.78 is 24.6. The summed E-state index contributed by atoms with van der Waals surface area (Å²) in [6, 6.07) is 8.56. The molecule has 0 spiro atoms. The van der Waals surface area contributed by atoms with Gasteiger partial charge in [-0.25, -0.2) is 8.42 Å². The van der Waals surface area contributed by atoms with Crippen molar-refractivity contribution in [3.05, 3.63) is 30.3 Å². The molecule has 0 heterocycles. The van der Waals surface area contributed by atoms with Crippen molar-refractivity contribution in [3.8, 4) is 0 Å². The van der Waals surface area contributed by atoms with Gasteiger partial charge in [-0.1, -0.05) is 18.2 Å². The second kappa shape index (κ2) is 4.25. The number of para-hydroxylation sites is 1. The van der Waals surface area contributed by atoms with Gasteiger partial charge < -0.3 is 5.11 Å². The Bertz CT molecular complexity index is 347. The highest BCUT2D eigenvalue weighted by Crippen LogP contribution is 2.07. The van der Waals surface area contributed by atoms with Crippen LogP contribution in [0.1, 0.15) is 0 Å². The van der Waals surface area contributed by atoms with Crippen molar-refractivity contribution in [3.63, 3.8) is 0 Å². The van der Waals surface area contributed by atoms with Crippen LogP contribution in [0.15, 0.2) is 30.3 Å². The second-order valence-electron chi connectivity index (χ2n) is 2.51. The predicted molar refractivity (Wildman–Crippen MR) is 50.9 cm³/mol. The van der Waals surface area contributed by atoms with Crippen LogP contribution in [0, 0.1) is 0 Å². The van der Waals surface area contributed by atoms with E-state index in [0.29, 0.717) is 5.69 Å². The second-order valence-corrected chi connectivity index (χ2v) is 4.35. The van der Waals surface area contributed by atoms with E-state index in [1.165, 1.54) is 0 Å². The van der Waals surface area contributed by atoms with Crippen LogP contribution in [-0.2, 0) is 10.0 Å². The zero-order chi connectivity index (χ0) is 9.73. The van der Waals surface area contributed by atoms with Crippen LogP contribution in [0.25, 0.3) is 0 Å². The SMILES string of the molecule is O=S(=O)(CCO)Nc1ccccc1. The van der Waals surface area contributed by atoms with E-state index in [1.54, 1.807) is 30.3 Å². The quantitative estimate of drug-likeness (QED) is 0.742. The van der Waals surface area contributed by atoms with Gasteiger partial charge in [-0.15, -0.1) is 0 Å². The number of nitrogens with one attached hydrogen (secondary N) is 1. The molecule has 1 aromatic rings. The fourth-order valence-corrected chi connectivity index (χ4v) is 1.69. The smallest absolute Gasteiger partial charge is 0.234 e. The van der Waals surface area contributed by atoms with Gasteiger partial charge in [-0.3, -0.25) is 4.72 Å². The number of hydrogen-bond acceptors (Lipinski definition) is 3. The molecule has 0 aliphatic rings. The number of rotatable bonds is 4. The third-order valence-electron chi connectivity index (χ3n) is 1.41. The fraction of sp³-hybridized carbons (Fsp3) is 0.250. The van der Waals surface area contributed by atoms with E-state index in [1.807, 2.05) is 0 Å². The lowest BCUT2D eigenvalue weighted by Crippen LogP contribution is -2.18. The molecule has 4 nitrogen and oxygen atoms in total. The summed E-state index contributed by atoms with van der Waals surface area (Å²) in [6.07, 6.45) is 0. The van der Waals surface area contributed by atoms with Gasteiger partial charge in [0.1, 0.15) is 0 Å². The molecule has 2 N–H and O–H groups in total. The summed E-state index contributed by atoms with van der Waals surface area (Å²) in [5, 5.41) is 8.46. The number of anilines is 1. The minimum Gasteiger partial charge on any atom is -0.395 e. The third kappa shape index (κ3) is 3.43. The lowest BCUT2D eigenvalue weighted by Gasteiger charge is -2.05. The van der Waals surface area contributed by atoms with E-state index >= 15 is 0 Å². The van der Waals surface area contributed by atoms with E-state index in [0.717, 1.165) is 0 Å². The van der Waals surface area contributed by atoms with Crippen LogP contribution in [0.4, 0.5) is 5.69 Å². The topological polar surface area (TPSA) is 66.4 Å². The average molecular weight is 201 g/mol. The number of hydrogen-bond donors (Lipinski definition) is 2. The molecular weight excluding hydrogens is 190 g/mol. The lowest BCUT2D eigenvalue weighted by atomic mass is 10.3. The molecule has 1 aromatic carbocycles. The van der Waals surface area contributed by atoms with Crippen molar-refractivity contribution >= 4 is 15.7 Å². The minimum absolute atomic E-state index is 0.276. The summed E-state index contributed by atoms with van der Waals surface area (Å²) in [7, 11) is -3.38. The minimum atomic E-state index is -3.38. The molecular formula is C8H11NO3S. The van der Waals surface area contributed by atoms with E-state index < -0.39 is 10.0 Å². The van der Waals surface area contributed by atoms with Crippen LogP contribution in [0.2, 0.25) is 0 Å². The Morgan fingerprint density at radius 1 is 1.23 bits per heavy atom. The molecule has 5 heteroatoms. The van der Waals surface area contributed by atoms with Crippen LogP contribution >= 0.6 is 0 Å². The first-order valence-electron chi connectivity index (χ1n) is 3.80. The third-order valence-corrected chi connectivity index (χ3v) is 2.67. The Hall–Kier alpha value is -1.07. The van der Waals surface area contributed by atoms with Gasteiger partial charge in [-0.05, 0) is 12.1 Å². The Kier molecular flexibility index (Phi) is 3.27. The molecule has 13 heavy (non-hydrogen) atoms. The molecule has 0 aliphatic carbocycles. The molecule has 0 bridgehead atoms. The van der Waals surface area contributed by atoms with Crippen molar-refractivity contribution in [1.29, 1.82) is 0 Å². The highest BCUT2D eigenvalue weighted by molar-refractivity contribution is 7.92. The normalized spacial score (nSPS) is 11.2. The van der Waals surface area contributed by atoms with Crippen molar-refractivity contribution < 1.29 is 13.5 Å². The van der Waals surface area contributed by atoms with Gasteiger partial charge in [0.15, 0.2) is 0 Å². The van der Waals surface area contributed by atoms with Gasteiger partial charge in [0.05, 0.1) is 12.4 Å². The van der Waals surface area contributed by atoms with Crippen LogP contribution in [0.3, 0.4) is 0 Å². The molecule has 1 rings (SSSR count). The lowest BCUT2D eigenvalue weighted by molar-refractivity contribution is 0.320. The van der Waals surface area contributed by atoms with Crippen LogP contribution in [0.5, 0.6) is 0 Å². The van der Waals surface area contributed by atoms with Crippen LogP contribution in [-0.4, -0.2) is 25.9 Å². The fourth-order valence-electron chi connectivity index (χ4n) is 0.857. The molecule has 0 saturated heterocycles. The Morgan fingerprint density at radius 3 is 2.38 bits per heavy atom.